The molecule has 0 amide bonds. The van der Waals surface area contributed by atoms with E-state index in [4.69, 9.17) is 0 Å². The van der Waals surface area contributed by atoms with Crippen molar-refractivity contribution in [1.29, 1.82) is 0 Å². The van der Waals surface area contributed by atoms with E-state index in [0.717, 1.165) is 24.6 Å². The average molecular weight is 234 g/mol. The van der Waals surface area contributed by atoms with Crippen molar-refractivity contribution in [3.63, 3.8) is 0 Å². The number of hydrogen-bond acceptors (Lipinski definition) is 4. The van der Waals surface area contributed by atoms with Gasteiger partial charge in [0.05, 0.1) is 0 Å². The Hall–Kier alpha value is -1.16. The second-order valence-electron chi connectivity index (χ2n) is 5.00. The Morgan fingerprint density at radius 2 is 2.18 bits per heavy atom. The first kappa shape index (κ1) is 12.3. The number of rotatable bonds is 3. The highest BCUT2D eigenvalue weighted by atomic mass is 15.0. The van der Waals surface area contributed by atoms with Crippen LogP contribution in [0.25, 0.3) is 0 Å². The summed E-state index contributed by atoms with van der Waals surface area (Å²) in [7, 11) is 0. The Labute approximate surface area is 103 Å². The van der Waals surface area contributed by atoms with Crippen molar-refractivity contribution in [1.82, 2.24) is 15.3 Å². The molecule has 2 rings (SSSR count). The summed E-state index contributed by atoms with van der Waals surface area (Å²) in [5, 5.41) is 6.94. The van der Waals surface area contributed by atoms with Crippen LogP contribution in [0.5, 0.6) is 0 Å². The van der Waals surface area contributed by atoms with E-state index < -0.39 is 0 Å². The van der Waals surface area contributed by atoms with Crippen molar-refractivity contribution in [2.45, 2.75) is 45.1 Å². The molecule has 1 atom stereocenters. The van der Waals surface area contributed by atoms with E-state index in [0.29, 0.717) is 12.0 Å². The largest absolute Gasteiger partial charge is 0.367 e. The molecule has 17 heavy (non-hydrogen) atoms. The first-order chi connectivity index (χ1) is 8.25. The summed E-state index contributed by atoms with van der Waals surface area (Å²) in [6, 6.07) is 2.61. The molecule has 94 valence electrons. The van der Waals surface area contributed by atoms with Crippen molar-refractivity contribution in [3.8, 4) is 0 Å². The minimum absolute atomic E-state index is 0.453. The molecule has 0 aliphatic carbocycles. The molecule has 4 heteroatoms. The monoisotopic (exact) mass is 234 g/mol. The van der Waals surface area contributed by atoms with E-state index in [9.17, 15) is 0 Å². The lowest BCUT2D eigenvalue weighted by molar-refractivity contribution is 0.634. The lowest BCUT2D eigenvalue weighted by atomic mass is 10.1. The predicted molar refractivity (Wildman–Crippen MR) is 70.3 cm³/mol. The topological polar surface area (TPSA) is 49.8 Å². The van der Waals surface area contributed by atoms with Crippen molar-refractivity contribution in [2.24, 2.45) is 0 Å². The van der Waals surface area contributed by atoms with E-state index in [-0.39, 0.29) is 0 Å². The molecular weight excluding hydrogens is 212 g/mol. The summed E-state index contributed by atoms with van der Waals surface area (Å²) in [5.41, 5.74) is 1.11. The Morgan fingerprint density at radius 1 is 1.29 bits per heavy atom. The van der Waals surface area contributed by atoms with Gasteiger partial charge in [-0.1, -0.05) is 13.8 Å². The average Bonchev–Trinajstić information content (AvgIpc) is 2.58. The zero-order valence-electron chi connectivity index (χ0n) is 10.7. The number of aromatic nitrogens is 2. The lowest BCUT2D eigenvalue weighted by Gasteiger charge is -2.17. The Morgan fingerprint density at radius 3 is 3.00 bits per heavy atom. The van der Waals surface area contributed by atoms with Crippen LogP contribution < -0.4 is 10.6 Å². The normalized spacial score (nSPS) is 21.2. The van der Waals surface area contributed by atoms with Gasteiger partial charge in [-0.05, 0) is 38.3 Å². The quantitative estimate of drug-likeness (QED) is 0.841. The molecule has 1 unspecified atom stereocenters. The van der Waals surface area contributed by atoms with Gasteiger partial charge in [-0.15, -0.1) is 0 Å². The number of hydrogen-bond donors (Lipinski definition) is 2. The van der Waals surface area contributed by atoms with E-state index in [2.05, 4.69) is 40.5 Å². The molecule has 4 nitrogen and oxygen atoms in total. The van der Waals surface area contributed by atoms with Gasteiger partial charge in [0.15, 0.2) is 0 Å². The first-order valence-corrected chi connectivity index (χ1v) is 6.55. The molecule has 1 aliphatic rings. The minimum atomic E-state index is 0.453. The van der Waals surface area contributed by atoms with Crippen LogP contribution >= 0.6 is 0 Å². The molecule has 0 aromatic carbocycles. The smallest absolute Gasteiger partial charge is 0.129 e. The second kappa shape index (κ2) is 5.96. The van der Waals surface area contributed by atoms with E-state index in [1.165, 1.54) is 19.3 Å². The van der Waals surface area contributed by atoms with Crippen LogP contribution in [0.1, 0.15) is 44.7 Å². The van der Waals surface area contributed by atoms with Gasteiger partial charge in [0.2, 0.25) is 0 Å². The highest BCUT2D eigenvalue weighted by Gasteiger charge is 2.12. The van der Waals surface area contributed by atoms with Gasteiger partial charge in [0, 0.05) is 17.8 Å². The van der Waals surface area contributed by atoms with Gasteiger partial charge in [0.25, 0.3) is 0 Å². The molecule has 0 saturated carbocycles. The summed E-state index contributed by atoms with van der Waals surface area (Å²) in [4.78, 5) is 8.59. The Balaban J connectivity index is 1.99. The molecule has 1 fully saturated rings. The second-order valence-corrected chi connectivity index (χ2v) is 5.00. The fourth-order valence-corrected chi connectivity index (χ4v) is 2.14. The number of nitrogens with one attached hydrogen (secondary N) is 2. The maximum atomic E-state index is 4.30. The third kappa shape index (κ3) is 3.66. The van der Waals surface area contributed by atoms with Crippen LogP contribution in [-0.4, -0.2) is 29.1 Å². The van der Waals surface area contributed by atoms with Crippen molar-refractivity contribution >= 4 is 5.82 Å². The van der Waals surface area contributed by atoms with Crippen molar-refractivity contribution in [3.05, 3.63) is 18.1 Å². The van der Waals surface area contributed by atoms with Crippen LogP contribution in [0, 0.1) is 0 Å². The Bertz CT molecular complexity index is 343. The fraction of sp³-hybridized carbons (Fsp3) is 0.692. The molecule has 1 aliphatic heterocycles. The molecule has 0 radical (unpaired) electrons. The van der Waals surface area contributed by atoms with E-state index in [1.807, 2.05) is 0 Å². The molecule has 1 aromatic heterocycles. The van der Waals surface area contributed by atoms with Crippen LogP contribution in [0.4, 0.5) is 5.82 Å². The fourth-order valence-electron chi connectivity index (χ4n) is 2.14. The molecule has 1 saturated heterocycles. The van der Waals surface area contributed by atoms with Crippen LogP contribution in [-0.2, 0) is 0 Å². The van der Waals surface area contributed by atoms with Gasteiger partial charge in [-0.2, -0.15) is 0 Å². The highest BCUT2D eigenvalue weighted by Crippen LogP contribution is 2.16. The molecule has 0 spiro atoms. The standard InChI is InChI=1S/C13H22N4/c1-10(2)12-8-13(16-9-15-12)17-11-4-3-6-14-7-5-11/h8-11,14H,3-7H2,1-2H3,(H,15,16,17). The van der Waals surface area contributed by atoms with Crippen molar-refractivity contribution in [2.75, 3.05) is 18.4 Å². The summed E-state index contributed by atoms with van der Waals surface area (Å²) < 4.78 is 0. The lowest BCUT2D eigenvalue weighted by Crippen LogP contribution is -2.22. The predicted octanol–water partition coefficient (Wildman–Crippen LogP) is 2.15. The van der Waals surface area contributed by atoms with Gasteiger partial charge in [-0.3, -0.25) is 0 Å². The zero-order chi connectivity index (χ0) is 12.1. The van der Waals surface area contributed by atoms with Crippen LogP contribution in [0.2, 0.25) is 0 Å². The maximum absolute atomic E-state index is 4.30. The van der Waals surface area contributed by atoms with Crippen molar-refractivity contribution < 1.29 is 0 Å². The first-order valence-electron chi connectivity index (χ1n) is 6.55. The molecule has 1 aromatic rings. The molecule has 2 N–H and O–H groups in total. The number of anilines is 1. The molecular formula is C13H22N4. The summed E-state index contributed by atoms with van der Waals surface area (Å²) in [5.74, 6) is 1.42. The van der Waals surface area contributed by atoms with E-state index in [1.54, 1.807) is 6.33 Å². The summed E-state index contributed by atoms with van der Waals surface area (Å²) in [6.07, 6.45) is 5.28. The third-order valence-corrected chi connectivity index (χ3v) is 3.21. The van der Waals surface area contributed by atoms with Gasteiger partial charge in [-0.25, -0.2) is 9.97 Å². The molecule has 2 heterocycles. The summed E-state index contributed by atoms with van der Waals surface area (Å²) >= 11 is 0. The van der Waals surface area contributed by atoms with Gasteiger partial charge >= 0.3 is 0 Å². The van der Waals surface area contributed by atoms with Crippen LogP contribution in [0.3, 0.4) is 0 Å². The zero-order valence-corrected chi connectivity index (χ0v) is 10.7. The Kier molecular flexibility index (Phi) is 4.31. The van der Waals surface area contributed by atoms with Gasteiger partial charge in [0.1, 0.15) is 12.1 Å². The minimum Gasteiger partial charge on any atom is -0.367 e. The van der Waals surface area contributed by atoms with Crippen LogP contribution in [0.15, 0.2) is 12.4 Å². The summed E-state index contributed by atoms with van der Waals surface area (Å²) in [6.45, 7) is 6.54. The van der Waals surface area contributed by atoms with E-state index >= 15 is 0 Å². The highest BCUT2D eigenvalue weighted by molar-refractivity contribution is 5.36. The SMILES string of the molecule is CC(C)c1cc(NC2CCCNCC2)ncn1. The maximum Gasteiger partial charge on any atom is 0.129 e. The third-order valence-electron chi connectivity index (χ3n) is 3.21. The number of nitrogens with zero attached hydrogens (tertiary/aromatic N) is 2. The van der Waals surface area contributed by atoms with Gasteiger partial charge < -0.3 is 10.6 Å². The molecule has 0 bridgehead atoms.